The monoisotopic (exact) mass is 197 g/mol. The molecule has 1 unspecified atom stereocenters. The van der Waals surface area contributed by atoms with E-state index in [1.54, 1.807) is 0 Å². The first kappa shape index (κ1) is 13.3. The average Bonchev–Trinajstić information content (AvgIpc) is 2.16. The third kappa shape index (κ3) is 3.49. The van der Waals surface area contributed by atoms with Gasteiger partial charge in [0.1, 0.15) is 0 Å². The predicted molar refractivity (Wildman–Crippen MR) is 42.4 cm³/mol. The van der Waals surface area contributed by atoms with Gasteiger partial charge in [-0.15, -0.1) is 4.91 Å². The number of aliphatic hydroxyl groups is 1. The van der Waals surface area contributed by atoms with Crippen LogP contribution >= 0.6 is 0 Å². The maximum absolute atomic E-state index is 10.8. The van der Waals surface area contributed by atoms with Crippen LogP contribution in [0.1, 0.15) is 19.3 Å². The maximum Gasteiger partial charge on any atom is 1.00 e. The summed E-state index contributed by atoms with van der Waals surface area (Å²) in [5.41, 5.74) is 0. The van der Waals surface area contributed by atoms with Gasteiger partial charge in [0.05, 0.1) is 17.9 Å². The number of nitrogens with zero attached hydrogens (tertiary/aromatic N) is 3. The zero-order chi connectivity index (χ0) is 8.97. The standard InChI is InChI=1S/C6H12N3O3.Na/c10-5-6-3-1-2-4-8(6)9(12)7-11;/h6,10H,1-5H2;/q-1;+1. The molecule has 7 heteroatoms. The van der Waals surface area contributed by atoms with Gasteiger partial charge in [0.25, 0.3) is 0 Å². The summed E-state index contributed by atoms with van der Waals surface area (Å²) in [6.07, 6.45) is 2.59. The molecule has 1 rings (SSSR count). The van der Waals surface area contributed by atoms with Gasteiger partial charge in [-0.3, -0.25) is 5.28 Å². The van der Waals surface area contributed by atoms with Gasteiger partial charge in [0.15, 0.2) is 0 Å². The number of piperidine rings is 1. The number of aliphatic hydroxyl groups excluding tert-OH is 1. The summed E-state index contributed by atoms with van der Waals surface area (Å²) in [5.74, 6) is 0. The van der Waals surface area contributed by atoms with Gasteiger partial charge in [0, 0.05) is 6.54 Å². The molecule has 0 aromatic heterocycles. The van der Waals surface area contributed by atoms with Crippen LogP contribution in [-0.2, 0) is 0 Å². The molecule has 0 spiro atoms. The van der Waals surface area contributed by atoms with Crippen molar-refractivity contribution in [1.29, 1.82) is 0 Å². The van der Waals surface area contributed by atoms with Crippen molar-refractivity contribution < 1.29 is 34.7 Å². The van der Waals surface area contributed by atoms with Gasteiger partial charge in [-0.25, -0.2) is 5.01 Å². The van der Waals surface area contributed by atoms with Crippen molar-refractivity contribution in [2.24, 2.45) is 5.29 Å². The third-order valence-corrected chi connectivity index (χ3v) is 2.10. The van der Waals surface area contributed by atoms with Crippen LogP contribution in [0.25, 0.3) is 0 Å². The topological polar surface area (TPSA) is 79.2 Å². The number of rotatable bonds is 3. The fraction of sp³-hybridized carbons (Fsp3) is 1.00. The Kier molecular flexibility index (Phi) is 6.84. The Morgan fingerprint density at radius 2 is 2.31 bits per heavy atom. The van der Waals surface area contributed by atoms with E-state index in [0.717, 1.165) is 19.3 Å². The zero-order valence-electron chi connectivity index (χ0n) is 7.72. The van der Waals surface area contributed by atoms with Gasteiger partial charge in [-0.05, 0) is 12.8 Å². The zero-order valence-corrected chi connectivity index (χ0v) is 9.72. The summed E-state index contributed by atoms with van der Waals surface area (Å²) < 4.78 is 0. The molecular weight excluding hydrogens is 185 g/mol. The second kappa shape index (κ2) is 6.69. The molecule has 0 aromatic carbocycles. The van der Waals surface area contributed by atoms with Crippen LogP contribution in [0.5, 0.6) is 0 Å². The molecule has 1 aliphatic heterocycles. The van der Waals surface area contributed by atoms with Crippen molar-refractivity contribution in [2.45, 2.75) is 25.3 Å². The molecule has 1 saturated heterocycles. The van der Waals surface area contributed by atoms with Gasteiger partial charge in [0.2, 0.25) is 0 Å². The quantitative estimate of drug-likeness (QED) is 0.301. The van der Waals surface area contributed by atoms with E-state index in [9.17, 15) is 10.1 Å². The molecule has 0 amide bonds. The van der Waals surface area contributed by atoms with E-state index in [2.05, 4.69) is 5.29 Å². The Balaban J connectivity index is 0.00000144. The molecule has 1 fully saturated rings. The first-order valence-corrected chi connectivity index (χ1v) is 3.97. The molecule has 0 aliphatic carbocycles. The second-order valence-corrected chi connectivity index (χ2v) is 2.83. The predicted octanol–water partition coefficient (Wildman–Crippen LogP) is -2.77. The van der Waals surface area contributed by atoms with Crippen LogP contribution in [0.15, 0.2) is 5.29 Å². The van der Waals surface area contributed by atoms with Crippen molar-refractivity contribution >= 4 is 0 Å². The molecule has 1 aliphatic rings. The van der Waals surface area contributed by atoms with Crippen LogP contribution in [0.4, 0.5) is 0 Å². The fourth-order valence-electron chi connectivity index (χ4n) is 1.44. The third-order valence-electron chi connectivity index (χ3n) is 2.10. The smallest absolute Gasteiger partial charge is 0.724 e. The Bertz CT molecular complexity index is 160. The summed E-state index contributed by atoms with van der Waals surface area (Å²) in [6, 6.07) is -0.242. The van der Waals surface area contributed by atoms with E-state index in [1.807, 2.05) is 0 Å². The second-order valence-electron chi connectivity index (χ2n) is 2.83. The van der Waals surface area contributed by atoms with Gasteiger partial charge < -0.3 is 10.3 Å². The molecule has 6 nitrogen and oxygen atoms in total. The Labute approximate surface area is 98.7 Å². The summed E-state index contributed by atoms with van der Waals surface area (Å²) in [6.45, 7) is 0.398. The Hall–Kier alpha value is 0.280. The van der Waals surface area contributed by atoms with Crippen molar-refractivity contribution in [3.05, 3.63) is 10.1 Å². The average molecular weight is 197 g/mol. The van der Waals surface area contributed by atoms with Crippen LogP contribution in [-0.4, -0.2) is 34.6 Å². The van der Waals surface area contributed by atoms with Gasteiger partial charge >= 0.3 is 29.6 Å². The summed E-state index contributed by atoms with van der Waals surface area (Å²) >= 11 is 0. The van der Waals surface area contributed by atoms with Crippen molar-refractivity contribution in [3.63, 3.8) is 0 Å². The largest absolute Gasteiger partial charge is 1.00 e. The molecule has 70 valence electrons. The van der Waals surface area contributed by atoms with Crippen LogP contribution in [0.3, 0.4) is 0 Å². The van der Waals surface area contributed by atoms with Crippen LogP contribution in [0.2, 0.25) is 0 Å². The Morgan fingerprint density at radius 3 is 2.85 bits per heavy atom. The van der Waals surface area contributed by atoms with Crippen LogP contribution in [0, 0.1) is 10.1 Å². The molecule has 0 saturated carbocycles. The molecule has 1 heterocycles. The normalized spacial score (nSPS) is 23.4. The number of nitroso groups, excluding NO2 is 1. The van der Waals surface area contributed by atoms with E-state index in [0.29, 0.717) is 6.54 Å². The minimum atomic E-state index is -0.242. The first-order valence-electron chi connectivity index (χ1n) is 3.97. The van der Waals surface area contributed by atoms with Crippen molar-refractivity contribution in [3.8, 4) is 0 Å². The molecule has 0 bridgehead atoms. The molecule has 0 aromatic rings. The summed E-state index contributed by atoms with van der Waals surface area (Å²) in [4.78, 5) is 9.91. The van der Waals surface area contributed by atoms with Gasteiger partial charge in [-0.1, -0.05) is 6.42 Å². The minimum Gasteiger partial charge on any atom is -0.724 e. The Morgan fingerprint density at radius 1 is 1.62 bits per heavy atom. The van der Waals surface area contributed by atoms with Gasteiger partial charge in [-0.2, -0.15) is 0 Å². The maximum atomic E-state index is 10.8. The first-order chi connectivity index (χ1) is 5.79. The summed E-state index contributed by atoms with van der Waals surface area (Å²) in [5, 5.41) is 23.2. The molecular formula is C6H12N3NaO3. The number of hydrogen-bond acceptors (Lipinski definition) is 5. The minimum absolute atomic E-state index is 0. The molecule has 0 radical (unpaired) electrons. The number of hydrazine groups is 1. The van der Waals surface area contributed by atoms with E-state index >= 15 is 0 Å². The van der Waals surface area contributed by atoms with Crippen molar-refractivity contribution in [1.82, 2.24) is 10.3 Å². The van der Waals surface area contributed by atoms with E-state index in [4.69, 9.17) is 5.11 Å². The van der Waals surface area contributed by atoms with Crippen molar-refractivity contribution in [2.75, 3.05) is 13.2 Å². The SMILES string of the molecule is O=NN([O-])N1CCCCC1CO.[Na+]. The molecule has 1 N–H and O–H groups in total. The number of hydrogen-bond donors (Lipinski definition) is 1. The van der Waals surface area contributed by atoms with Crippen LogP contribution < -0.4 is 29.6 Å². The molecule has 13 heavy (non-hydrogen) atoms. The van der Waals surface area contributed by atoms with E-state index < -0.39 is 0 Å². The summed E-state index contributed by atoms with van der Waals surface area (Å²) in [7, 11) is 0. The molecule has 1 atom stereocenters. The van der Waals surface area contributed by atoms with E-state index in [-0.39, 0.29) is 47.5 Å². The van der Waals surface area contributed by atoms with E-state index in [1.165, 1.54) is 5.01 Å². The fourth-order valence-corrected chi connectivity index (χ4v) is 1.44.